The Hall–Kier alpha value is -2.37. The third kappa shape index (κ3) is 3.07. The zero-order valence-corrected chi connectivity index (χ0v) is 10.3. The van der Waals surface area contributed by atoms with E-state index in [2.05, 4.69) is 25.6 Å². The molecule has 94 valence electrons. The van der Waals surface area contributed by atoms with Gasteiger partial charge in [0.1, 0.15) is 0 Å². The summed E-state index contributed by atoms with van der Waals surface area (Å²) in [5.41, 5.74) is 1.16. The summed E-state index contributed by atoms with van der Waals surface area (Å²) in [5, 5.41) is 5.99. The lowest BCUT2D eigenvalue weighted by molar-refractivity contribution is 0.379. The van der Waals surface area contributed by atoms with Crippen LogP contribution in [0.2, 0.25) is 0 Å². The van der Waals surface area contributed by atoms with Crippen molar-refractivity contribution in [3.63, 3.8) is 0 Å². The van der Waals surface area contributed by atoms with Gasteiger partial charge in [-0.25, -0.2) is 0 Å². The molecule has 2 N–H and O–H groups in total. The normalized spacial score (nSPS) is 9.89. The van der Waals surface area contributed by atoms with Gasteiger partial charge in [0.2, 0.25) is 11.9 Å². The van der Waals surface area contributed by atoms with Crippen LogP contribution >= 0.6 is 0 Å². The first kappa shape index (κ1) is 12.1. The van der Waals surface area contributed by atoms with Gasteiger partial charge < -0.3 is 15.4 Å². The Kier molecular flexibility index (Phi) is 3.90. The van der Waals surface area contributed by atoms with Crippen LogP contribution in [0.15, 0.2) is 30.3 Å². The summed E-state index contributed by atoms with van der Waals surface area (Å²) in [6, 6.07) is 10.3. The lowest BCUT2D eigenvalue weighted by Gasteiger charge is -2.07. The standard InChI is InChI=1S/C12H15N5O/c1-13-10-15-11(17-12(16-10)18-2)14-8-9-6-4-3-5-7-9/h3-7H,8H2,1-2H3,(H2,13,14,15,16,17). The van der Waals surface area contributed by atoms with E-state index in [-0.39, 0.29) is 6.01 Å². The van der Waals surface area contributed by atoms with E-state index in [1.165, 1.54) is 7.11 Å². The second kappa shape index (κ2) is 5.81. The molecule has 2 aromatic rings. The van der Waals surface area contributed by atoms with Gasteiger partial charge in [-0.1, -0.05) is 30.3 Å². The molecule has 0 saturated heterocycles. The van der Waals surface area contributed by atoms with Gasteiger partial charge >= 0.3 is 6.01 Å². The smallest absolute Gasteiger partial charge is 0.322 e. The molecule has 2 rings (SSSR count). The van der Waals surface area contributed by atoms with E-state index in [0.717, 1.165) is 5.56 Å². The third-order valence-corrected chi connectivity index (χ3v) is 2.31. The van der Waals surface area contributed by atoms with Crippen LogP contribution in [0.1, 0.15) is 5.56 Å². The third-order valence-electron chi connectivity index (χ3n) is 2.31. The second-order valence-corrected chi connectivity index (χ2v) is 3.56. The van der Waals surface area contributed by atoms with Crippen molar-refractivity contribution in [2.45, 2.75) is 6.54 Å². The fourth-order valence-electron chi connectivity index (χ4n) is 1.42. The largest absolute Gasteiger partial charge is 0.467 e. The van der Waals surface area contributed by atoms with Crippen LogP contribution in [0.5, 0.6) is 6.01 Å². The molecule has 0 unspecified atom stereocenters. The number of nitrogens with zero attached hydrogens (tertiary/aromatic N) is 3. The van der Waals surface area contributed by atoms with E-state index < -0.39 is 0 Å². The minimum atomic E-state index is 0.282. The first-order valence-electron chi connectivity index (χ1n) is 5.57. The number of ether oxygens (including phenoxy) is 1. The summed E-state index contributed by atoms with van der Waals surface area (Å²) >= 11 is 0. The SMILES string of the molecule is CNc1nc(NCc2ccccc2)nc(OC)n1. The summed E-state index contributed by atoms with van der Waals surface area (Å²) in [4.78, 5) is 12.3. The Morgan fingerprint density at radius 3 is 2.44 bits per heavy atom. The number of methoxy groups -OCH3 is 1. The second-order valence-electron chi connectivity index (χ2n) is 3.56. The summed E-state index contributed by atoms with van der Waals surface area (Å²) < 4.78 is 5.01. The van der Waals surface area contributed by atoms with E-state index >= 15 is 0 Å². The number of nitrogens with one attached hydrogen (secondary N) is 2. The van der Waals surface area contributed by atoms with Crippen molar-refractivity contribution >= 4 is 11.9 Å². The summed E-state index contributed by atoms with van der Waals surface area (Å²) in [6.07, 6.45) is 0. The van der Waals surface area contributed by atoms with E-state index in [0.29, 0.717) is 18.4 Å². The molecule has 0 atom stereocenters. The number of rotatable bonds is 5. The predicted octanol–water partition coefficient (Wildman–Crippen LogP) is 1.53. The van der Waals surface area contributed by atoms with E-state index in [9.17, 15) is 0 Å². The molecular formula is C12H15N5O. The van der Waals surface area contributed by atoms with Crippen molar-refractivity contribution in [3.8, 4) is 6.01 Å². The Balaban J connectivity index is 2.09. The lowest BCUT2D eigenvalue weighted by atomic mass is 10.2. The molecule has 1 aromatic heterocycles. The molecule has 0 aliphatic heterocycles. The first-order chi connectivity index (χ1) is 8.81. The van der Waals surface area contributed by atoms with Gasteiger partial charge in [0.15, 0.2) is 0 Å². The Morgan fingerprint density at radius 1 is 1.06 bits per heavy atom. The molecule has 0 saturated carbocycles. The van der Waals surface area contributed by atoms with Crippen LogP contribution in [0, 0.1) is 0 Å². The van der Waals surface area contributed by atoms with Gasteiger partial charge in [0, 0.05) is 13.6 Å². The van der Waals surface area contributed by atoms with Gasteiger partial charge in [0.25, 0.3) is 0 Å². The average Bonchev–Trinajstić information content (AvgIpc) is 2.45. The van der Waals surface area contributed by atoms with Gasteiger partial charge in [-0.3, -0.25) is 0 Å². The van der Waals surface area contributed by atoms with Gasteiger partial charge in [0.05, 0.1) is 7.11 Å². The molecule has 18 heavy (non-hydrogen) atoms. The number of benzene rings is 1. The molecule has 0 amide bonds. The Morgan fingerprint density at radius 2 is 1.78 bits per heavy atom. The van der Waals surface area contributed by atoms with Crippen molar-refractivity contribution in [1.29, 1.82) is 0 Å². The minimum Gasteiger partial charge on any atom is -0.467 e. The maximum atomic E-state index is 5.01. The van der Waals surface area contributed by atoms with Crippen LogP contribution in [0.4, 0.5) is 11.9 Å². The number of anilines is 2. The highest BCUT2D eigenvalue weighted by Gasteiger charge is 2.04. The highest BCUT2D eigenvalue weighted by Crippen LogP contribution is 2.11. The van der Waals surface area contributed by atoms with Crippen LogP contribution in [0.3, 0.4) is 0 Å². The van der Waals surface area contributed by atoms with Crippen molar-refractivity contribution in [1.82, 2.24) is 15.0 Å². The molecule has 0 radical (unpaired) electrons. The lowest BCUT2D eigenvalue weighted by Crippen LogP contribution is -2.08. The van der Waals surface area contributed by atoms with Crippen molar-refractivity contribution in [3.05, 3.63) is 35.9 Å². The topological polar surface area (TPSA) is 72.0 Å². The van der Waals surface area contributed by atoms with Crippen LogP contribution < -0.4 is 15.4 Å². The average molecular weight is 245 g/mol. The number of hydrogen-bond acceptors (Lipinski definition) is 6. The minimum absolute atomic E-state index is 0.282. The van der Waals surface area contributed by atoms with E-state index in [1.807, 2.05) is 30.3 Å². The van der Waals surface area contributed by atoms with Crippen LogP contribution in [-0.4, -0.2) is 29.1 Å². The fraction of sp³-hybridized carbons (Fsp3) is 0.250. The van der Waals surface area contributed by atoms with Gasteiger partial charge in [-0.2, -0.15) is 15.0 Å². The maximum absolute atomic E-state index is 5.01. The van der Waals surface area contributed by atoms with E-state index in [4.69, 9.17) is 4.74 Å². The molecular weight excluding hydrogens is 230 g/mol. The van der Waals surface area contributed by atoms with Crippen LogP contribution in [-0.2, 0) is 6.54 Å². The molecule has 0 aliphatic rings. The molecule has 0 aliphatic carbocycles. The fourth-order valence-corrected chi connectivity index (χ4v) is 1.42. The van der Waals surface area contributed by atoms with Crippen LogP contribution in [0.25, 0.3) is 0 Å². The summed E-state index contributed by atoms with van der Waals surface area (Å²) in [5.74, 6) is 0.951. The molecule has 6 nitrogen and oxygen atoms in total. The quantitative estimate of drug-likeness (QED) is 0.832. The maximum Gasteiger partial charge on any atom is 0.322 e. The molecule has 1 aromatic carbocycles. The van der Waals surface area contributed by atoms with Crippen molar-refractivity contribution < 1.29 is 4.74 Å². The monoisotopic (exact) mass is 245 g/mol. The van der Waals surface area contributed by atoms with Crippen molar-refractivity contribution in [2.24, 2.45) is 0 Å². The summed E-state index contributed by atoms with van der Waals surface area (Å²) in [6.45, 7) is 0.650. The van der Waals surface area contributed by atoms with Gasteiger partial charge in [-0.05, 0) is 5.56 Å². The molecule has 0 bridgehead atoms. The summed E-state index contributed by atoms with van der Waals surface area (Å²) in [7, 11) is 3.27. The molecule has 6 heteroatoms. The molecule has 0 spiro atoms. The predicted molar refractivity (Wildman–Crippen MR) is 69.7 cm³/mol. The molecule has 1 heterocycles. The van der Waals surface area contributed by atoms with Crippen molar-refractivity contribution in [2.75, 3.05) is 24.8 Å². The zero-order valence-electron chi connectivity index (χ0n) is 10.3. The molecule has 0 fully saturated rings. The first-order valence-corrected chi connectivity index (χ1v) is 5.57. The van der Waals surface area contributed by atoms with E-state index in [1.54, 1.807) is 7.05 Å². The Labute approximate surface area is 105 Å². The number of aromatic nitrogens is 3. The number of hydrogen-bond donors (Lipinski definition) is 2. The highest BCUT2D eigenvalue weighted by molar-refractivity contribution is 5.36. The van der Waals surface area contributed by atoms with Gasteiger partial charge in [-0.15, -0.1) is 0 Å². The Bertz CT molecular complexity index is 481. The highest BCUT2D eigenvalue weighted by atomic mass is 16.5. The zero-order chi connectivity index (χ0) is 12.8.